The number of benzene rings is 2. The fourth-order valence-electron chi connectivity index (χ4n) is 4.38. The smallest absolute Gasteiger partial charge is 0.870 e. The molecule has 9 heteroatoms. The van der Waals surface area contributed by atoms with E-state index in [2.05, 4.69) is 16.0 Å². The maximum atomic E-state index is 11.7. The molecule has 5 N–H and O–H groups in total. The number of hydrogen-bond acceptors (Lipinski definition) is 5. The Bertz CT molecular complexity index is 1300. The van der Waals surface area contributed by atoms with Gasteiger partial charge in [-0.25, -0.2) is 0 Å². The Morgan fingerprint density at radius 3 is 1.60 bits per heavy atom. The van der Waals surface area contributed by atoms with Crippen LogP contribution in [0, 0.1) is 0 Å². The summed E-state index contributed by atoms with van der Waals surface area (Å²) < 4.78 is 4.88. The van der Waals surface area contributed by atoms with Gasteiger partial charge in [-0.3, -0.25) is 9.59 Å². The van der Waals surface area contributed by atoms with Crippen LogP contribution in [0.2, 0.25) is 0 Å². The maximum absolute atomic E-state index is 11.7. The Labute approximate surface area is 215 Å². The number of nitrogens with one attached hydrogen (secondary N) is 2. The molecule has 0 radical (unpaired) electrons. The molecule has 0 saturated heterocycles. The summed E-state index contributed by atoms with van der Waals surface area (Å²) in [5.41, 5.74) is 3.21. The molecule has 2 aliphatic carbocycles. The molecular formula is C26H29LiN2O6. The van der Waals surface area contributed by atoms with Gasteiger partial charge >= 0.3 is 30.8 Å². The first-order valence-corrected chi connectivity index (χ1v) is 10.9. The average molecular weight is 472 g/mol. The summed E-state index contributed by atoms with van der Waals surface area (Å²) in [5, 5.41) is 18.4. The number of aromatic nitrogens is 2. The van der Waals surface area contributed by atoms with Crippen LogP contribution >= 0.6 is 0 Å². The molecule has 0 bridgehead atoms. The minimum absolute atomic E-state index is 0. The van der Waals surface area contributed by atoms with Crippen molar-refractivity contribution in [2.75, 3.05) is 14.2 Å². The Balaban J connectivity index is 0.000000219. The quantitative estimate of drug-likeness (QED) is 0.258. The Kier molecular flexibility index (Phi) is 8.98. The van der Waals surface area contributed by atoms with Gasteiger partial charge in [0.25, 0.3) is 0 Å². The molecule has 0 atom stereocenters. The summed E-state index contributed by atoms with van der Waals surface area (Å²) in [6.07, 6.45) is 7.10. The molecule has 2 heterocycles. The normalized spacial score (nSPS) is 15.7. The first kappa shape index (κ1) is 28.2. The van der Waals surface area contributed by atoms with Crippen molar-refractivity contribution >= 4 is 33.7 Å². The van der Waals surface area contributed by atoms with Crippen LogP contribution in [-0.2, 0) is 25.2 Å². The maximum Gasteiger partial charge on any atom is 1.00 e. The number of rotatable bonds is 4. The average Bonchev–Trinajstić information content (AvgIpc) is 3.74. The number of ether oxygens (including phenoxy) is 1. The minimum Gasteiger partial charge on any atom is -0.870 e. The van der Waals surface area contributed by atoms with E-state index in [-0.39, 0.29) is 35.7 Å². The fraction of sp³-hybridized carbons (Fsp3) is 0.308. The van der Waals surface area contributed by atoms with Crippen molar-refractivity contribution in [2.45, 2.75) is 36.5 Å². The van der Waals surface area contributed by atoms with E-state index in [4.69, 9.17) is 9.84 Å². The van der Waals surface area contributed by atoms with Crippen molar-refractivity contribution < 1.29 is 48.9 Å². The number of carboxylic acids is 1. The minimum atomic E-state index is -0.697. The molecule has 0 unspecified atom stereocenters. The van der Waals surface area contributed by atoms with Crippen molar-refractivity contribution in [2.24, 2.45) is 0 Å². The van der Waals surface area contributed by atoms with Crippen molar-refractivity contribution in [3.63, 3.8) is 0 Å². The van der Waals surface area contributed by atoms with Gasteiger partial charge in [-0.05, 0) is 84.0 Å². The van der Waals surface area contributed by atoms with E-state index in [0.717, 1.165) is 65.7 Å². The topological polar surface area (TPSA) is 145 Å². The Morgan fingerprint density at radius 2 is 1.23 bits per heavy atom. The molecule has 6 rings (SSSR count). The van der Waals surface area contributed by atoms with Crippen LogP contribution < -0.4 is 18.9 Å². The van der Waals surface area contributed by atoms with E-state index >= 15 is 0 Å². The van der Waals surface area contributed by atoms with E-state index in [9.17, 15) is 14.7 Å². The number of aliphatic hydroxyl groups excluding tert-OH is 1. The zero-order valence-electron chi connectivity index (χ0n) is 20.2. The number of hydrogen-bond donors (Lipinski definition) is 4. The number of aliphatic hydroxyl groups is 1. The largest absolute Gasteiger partial charge is 1.00 e. The number of carbonyl (C=O) groups is 2. The number of esters is 1. The van der Waals surface area contributed by atoms with Gasteiger partial charge in [-0.1, -0.05) is 12.1 Å². The van der Waals surface area contributed by atoms with Crippen molar-refractivity contribution in [3.05, 3.63) is 72.1 Å². The summed E-state index contributed by atoms with van der Waals surface area (Å²) in [7, 11) is 2.46. The predicted molar refractivity (Wildman–Crippen MR) is 128 cm³/mol. The number of aromatic amines is 2. The molecule has 2 saturated carbocycles. The second kappa shape index (κ2) is 11.1. The van der Waals surface area contributed by atoms with Crippen molar-refractivity contribution in [3.8, 4) is 0 Å². The number of methoxy groups -OCH3 is 1. The van der Waals surface area contributed by atoms with Crippen molar-refractivity contribution in [1.29, 1.82) is 0 Å². The van der Waals surface area contributed by atoms with Gasteiger partial charge in [0, 0.05) is 30.5 Å². The summed E-state index contributed by atoms with van der Waals surface area (Å²) in [6, 6.07) is 16.0. The molecule has 8 nitrogen and oxygen atoms in total. The van der Waals surface area contributed by atoms with Crippen LogP contribution in [0.25, 0.3) is 21.8 Å². The van der Waals surface area contributed by atoms with E-state index in [1.807, 2.05) is 54.9 Å². The second-order valence-electron chi connectivity index (χ2n) is 8.52. The molecular weight excluding hydrogens is 443 g/mol. The van der Waals surface area contributed by atoms with Crippen LogP contribution in [0.4, 0.5) is 0 Å². The molecule has 2 aromatic carbocycles. The second-order valence-corrected chi connectivity index (χ2v) is 8.52. The van der Waals surface area contributed by atoms with E-state index in [0.29, 0.717) is 0 Å². The van der Waals surface area contributed by atoms with E-state index in [1.54, 1.807) is 0 Å². The summed E-state index contributed by atoms with van der Waals surface area (Å²) in [6.45, 7) is 0. The molecule has 35 heavy (non-hydrogen) atoms. The van der Waals surface area contributed by atoms with Crippen LogP contribution in [0.3, 0.4) is 0 Å². The van der Waals surface area contributed by atoms with E-state index < -0.39 is 11.4 Å². The summed E-state index contributed by atoms with van der Waals surface area (Å²) >= 11 is 0. The third-order valence-corrected chi connectivity index (χ3v) is 6.70. The molecule has 2 fully saturated rings. The van der Waals surface area contributed by atoms with Crippen molar-refractivity contribution in [1.82, 2.24) is 9.97 Å². The third kappa shape index (κ3) is 5.16. The van der Waals surface area contributed by atoms with E-state index in [1.165, 1.54) is 7.11 Å². The number of aliphatic carboxylic acids is 1. The molecule has 4 aromatic rings. The molecule has 2 aromatic heterocycles. The number of fused-ring (bicyclic) bond motifs is 2. The van der Waals surface area contributed by atoms with Crippen LogP contribution in [0.15, 0.2) is 60.9 Å². The van der Waals surface area contributed by atoms with Crippen LogP contribution in [0.5, 0.6) is 0 Å². The fourth-order valence-corrected chi connectivity index (χ4v) is 4.38. The van der Waals surface area contributed by atoms with Gasteiger partial charge in [-0.2, -0.15) is 0 Å². The van der Waals surface area contributed by atoms with Crippen LogP contribution in [-0.4, -0.2) is 51.8 Å². The molecule has 0 aliphatic heterocycles. The molecule has 0 amide bonds. The number of carbonyl (C=O) groups excluding carboxylic acids is 1. The van der Waals surface area contributed by atoms with Crippen LogP contribution in [0.1, 0.15) is 36.8 Å². The zero-order chi connectivity index (χ0) is 23.6. The van der Waals surface area contributed by atoms with Gasteiger partial charge in [0.15, 0.2) is 0 Å². The Morgan fingerprint density at radius 1 is 0.800 bits per heavy atom. The summed E-state index contributed by atoms with van der Waals surface area (Å²) in [4.78, 5) is 29.1. The molecule has 2 aliphatic rings. The Hall–Kier alpha value is -3.02. The molecule has 180 valence electrons. The standard InChI is InChI=1S/C13H13NO2.C12H11NO2.CH4O.Li.H2O/c1-16-12(15)13(5-6-13)10-2-3-11-9(8-10)4-7-14-11;14-11(15)12(4-5-12)9-1-2-10-8(7-9)3-6-13-10;1-2;;/h2-4,7-8,14H,5-6H2,1H3;1-3,6-7,13H,4-5H2,(H,14,15);2H,1H3;;1H2/q;;;+1;/p-1. The van der Waals surface area contributed by atoms with Gasteiger partial charge in [0.2, 0.25) is 0 Å². The first-order valence-electron chi connectivity index (χ1n) is 10.9. The first-order chi connectivity index (χ1) is 16.0. The zero-order valence-corrected chi connectivity index (χ0v) is 20.2. The van der Waals surface area contributed by atoms with Gasteiger partial charge in [0.1, 0.15) is 0 Å². The monoisotopic (exact) mass is 472 g/mol. The SMILES string of the molecule is CO.COC(=O)C1(c2ccc3[nH]ccc3c2)CC1.O=C(O)C1(c2ccc3[nH]ccc3c2)CC1.[Li+].[OH-]. The summed E-state index contributed by atoms with van der Waals surface area (Å²) in [5.74, 6) is -0.806. The third-order valence-electron chi connectivity index (χ3n) is 6.70. The van der Waals surface area contributed by atoms with Gasteiger partial charge in [0.05, 0.1) is 17.9 Å². The number of H-pyrrole nitrogens is 2. The van der Waals surface area contributed by atoms with Gasteiger partial charge < -0.3 is 30.4 Å². The van der Waals surface area contributed by atoms with Gasteiger partial charge in [-0.15, -0.1) is 0 Å². The number of carboxylic acid groups (broad SMARTS) is 1. The molecule has 0 spiro atoms. The predicted octanol–water partition coefficient (Wildman–Crippen LogP) is 1.09.